The standard InChI is InChI=1S/C14H20ClN3O2/c1-3-4-5-8-16-14(20)18-13-7-6-11(9-12(13)15)17-10(2)19/h6-7,9H,3-5,8H2,1-2H3,(H,17,19)(H2,16,18,20). The fourth-order valence-corrected chi connectivity index (χ4v) is 1.87. The van der Waals surface area contributed by atoms with Crippen LogP contribution in [0.25, 0.3) is 0 Å². The summed E-state index contributed by atoms with van der Waals surface area (Å²) in [6, 6.07) is 4.64. The number of benzene rings is 1. The van der Waals surface area contributed by atoms with Crippen LogP contribution in [0.4, 0.5) is 16.2 Å². The largest absolute Gasteiger partial charge is 0.338 e. The number of rotatable bonds is 6. The van der Waals surface area contributed by atoms with Gasteiger partial charge in [-0.2, -0.15) is 0 Å². The second kappa shape index (κ2) is 8.43. The average Bonchev–Trinajstić information content (AvgIpc) is 2.37. The molecule has 0 heterocycles. The number of anilines is 2. The maximum Gasteiger partial charge on any atom is 0.319 e. The Hall–Kier alpha value is -1.75. The summed E-state index contributed by atoms with van der Waals surface area (Å²) < 4.78 is 0. The summed E-state index contributed by atoms with van der Waals surface area (Å²) in [5, 5.41) is 8.43. The highest BCUT2D eigenvalue weighted by atomic mass is 35.5. The molecule has 1 rings (SSSR count). The molecular formula is C14H20ClN3O2. The molecule has 0 atom stereocenters. The Morgan fingerprint density at radius 1 is 1.20 bits per heavy atom. The van der Waals surface area contributed by atoms with Crippen LogP contribution in [0.3, 0.4) is 0 Å². The van der Waals surface area contributed by atoms with Crippen molar-refractivity contribution in [2.24, 2.45) is 0 Å². The number of hydrogen-bond donors (Lipinski definition) is 3. The molecule has 0 aliphatic rings. The Balaban J connectivity index is 2.51. The molecule has 1 aromatic carbocycles. The smallest absolute Gasteiger partial charge is 0.319 e. The topological polar surface area (TPSA) is 70.2 Å². The van der Waals surface area contributed by atoms with Gasteiger partial charge in [0.2, 0.25) is 5.91 Å². The predicted octanol–water partition coefficient (Wildman–Crippen LogP) is 3.61. The number of urea groups is 1. The molecular weight excluding hydrogens is 278 g/mol. The van der Waals surface area contributed by atoms with Crippen LogP contribution in [-0.4, -0.2) is 18.5 Å². The minimum absolute atomic E-state index is 0.171. The second-order valence-corrected chi connectivity index (χ2v) is 4.87. The van der Waals surface area contributed by atoms with Gasteiger partial charge in [0.1, 0.15) is 0 Å². The van der Waals surface area contributed by atoms with Crippen LogP contribution in [0.15, 0.2) is 18.2 Å². The monoisotopic (exact) mass is 297 g/mol. The Morgan fingerprint density at radius 3 is 2.55 bits per heavy atom. The van der Waals surface area contributed by atoms with Gasteiger partial charge >= 0.3 is 6.03 Å². The molecule has 0 saturated carbocycles. The minimum Gasteiger partial charge on any atom is -0.338 e. The van der Waals surface area contributed by atoms with Crippen molar-refractivity contribution in [3.8, 4) is 0 Å². The molecule has 0 bridgehead atoms. The molecule has 3 amide bonds. The molecule has 6 heteroatoms. The van der Waals surface area contributed by atoms with E-state index < -0.39 is 0 Å². The summed E-state index contributed by atoms with van der Waals surface area (Å²) in [5.74, 6) is -0.171. The predicted molar refractivity (Wildman–Crippen MR) is 82.3 cm³/mol. The van der Waals surface area contributed by atoms with Gasteiger partial charge in [-0.3, -0.25) is 4.79 Å². The van der Waals surface area contributed by atoms with Crippen molar-refractivity contribution < 1.29 is 9.59 Å². The molecule has 5 nitrogen and oxygen atoms in total. The van der Waals surface area contributed by atoms with E-state index >= 15 is 0 Å². The van der Waals surface area contributed by atoms with Crippen molar-refractivity contribution >= 4 is 34.9 Å². The first kappa shape index (κ1) is 16.3. The van der Waals surface area contributed by atoms with E-state index in [9.17, 15) is 9.59 Å². The van der Waals surface area contributed by atoms with E-state index in [-0.39, 0.29) is 11.9 Å². The third-order valence-corrected chi connectivity index (χ3v) is 2.92. The van der Waals surface area contributed by atoms with Gasteiger partial charge in [-0.05, 0) is 24.6 Å². The summed E-state index contributed by atoms with van der Waals surface area (Å²) in [7, 11) is 0. The zero-order chi connectivity index (χ0) is 15.0. The number of carbonyl (C=O) groups is 2. The van der Waals surface area contributed by atoms with Crippen LogP contribution in [0.2, 0.25) is 5.02 Å². The van der Waals surface area contributed by atoms with E-state index in [0.717, 1.165) is 19.3 Å². The quantitative estimate of drug-likeness (QED) is 0.702. The van der Waals surface area contributed by atoms with Crippen molar-refractivity contribution in [1.29, 1.82) is 0 Å². The fraction of sp³-hybridized carbons (Fsp3) is 0.429. The lowest BCUT2D eigenvalue weighted by molar-refractivity contribution is -0.114. The SMILES string of the molecule is CCCCCNC(=O)Nc1ccc(NC(C)=O)cc1Cl. The van der Waals surface area contributed by atoms with Crippen molar-refractivity contribution in [2.45, 2.75) is 33.1 Å². The van der Waals surface area contributed by atoms with Gasteiger partial charge in [-0.25, -0.2) is 4.79 Å². The molecule has 0 saturated heterocycles. The van der Waals surface area contributed by atoms with Crippen LogP contribution in [-0.2, 0) is 4.79 Å². The fourth-order valence-electron chi connectivity index (χ4n) is 1.64. The second-order valence-electron chi connectivity index (χ2n) is 4.46. The molecule has 0 aromatic heterocycles. The molecule has 20 heavy (non-hydrogen) atoms. The normalized spacial score (nSPS) is 9.95. The summed E-state index contributed by atoms with van der Waals surface area (Å²) in [6.45, 7) is 4.17. The van der Waals surface area contributed by atoms with E-state index in [0.29, 0.717) is 22.9 Å². The molecule has 3 N–H and O–H groups in total. The molecule has 110 valence electrons. The van der Waals surface area contributed by atoms with E-state index in [2.05, 4.69) is 22.9 Å². The van der Waals surface area contributed by atoms with Gasteiger partial charge in [0, 0.05) is 19.2 Å². The van der Waals surface area contributed by atoms with Gasteiger partial charge in [0.15, 0.2) is 0 Å². The van der Waals surface area contributed by atoms with Crippen molar-refractivity contribution in [1.82, 2.24) is 5.32 Å². The van der Waals surface area contributed by atoms with Gasteiger partial charge in [-0.15, -0.1) is 0 Å². The first-order valence-corrected chi connectivity index (χ1v) is 7.02. The van der Waals surface area contributed by atoms with Crippen molar-refractivity contribution in [2.75, 3.05) is 17.2 Å². The Morgan fingerprint density at radius 2 is 1.95 bits per heavy atom. The lowest BCUT2D eigenvalue weighted by Crippen LogP contribution is -2.29. The van der Waals surface area contributed by atoms with Crippen LogP contribution >= 0.6 is 11.6 Å². The van der Waals surface area contributed by atoms with Gasteiger partial charge in [0.05, 0.1) is 10.7 Å². The summed E-state index contributed by atoms with van der Waals surface area (Å²) >= 11 is 6.05. The highest BCUT2D eigenvalue weighted by Crippen LogP contribution is 2.25. The molecule has 0 unspecified atom stereocenters. The molecule has 0 radical (unpaired) electrons. The van der Waals surface area contributed by atoms with E-state index in [4.69, 9.17) is 11.6 Å². The minimum atomic E-state index is -0.282. The highest BCUT2D eigenvalue weighted by molar-refractivity contribution is 6.34. The highest BCUT2D eigenvalue weighted by Gasteiger charge is 2.06. The molecule has 1 aromatic rings. The zero-order valence-corrected chi connectivity index (χ0v) is 12.5. The number of nitrogens with one attached hydrogen (secondary N) is 3. The van der Waals surface area contributed by atoms with Crippen LogP contribution < -0.4 is 16.0 Å². The van der Waals surface area contributed by atoms with Crippen molar-refractivity contribution in [3.05, 3.63) is 23.2 Å². The maximum atomic E-state index is 11.6. The van der Waals surface area contributed by atoms with E-state index in [1.54, 1.807) is 18.2 Å². The van der Waals surface area contributed by atoms with Gasteiger partial charge < -0.3 is 16.0 Å². The number of carbonyl (C=O) groups excluding carboxylic acids is 2. The first-order valence-electron chi connectivity index (χ1n) is 6.65. The lowest BCUT2D eigenvalue weighted by Gasteiger charge is -2.10. The molecule has 0 fully saturated rings. The number of hydrogen-bond acceptors (Lipinski definition) is 2. The molecule has 0 spiro atoms. The Labute approximate surface area is 124 Å². The van der Waals surface area contributed by atoms with Crippen LogP contribution in [0.5, 0.6) is 0 Å². The number of halogens is 1. The third kappa shape index (κ3) is 5.93. The molecule has 0 aliphatic heterocycles. The summed E-state index contributed by atoms with van der Waals surface area (Å²) in [6.07, 6.45) is 3.16. The van der Waals surface area contributed by atoms with Gasteiger partial charge in [-0.1, -0.05) is 31.4 Å². The number of amides is 3. The first-order chi connectivity index (χ1) is 9.52. The summed E-state index contributed by atoms with van der Waals surface area (Å²) in [5.41, 5.74) is 1.10. The number of unbranched alkanes of at least 4 members (excludes halogenated alkanes) is 2. The van der Waals surface area contributed by atoms with Gasteiger partial charge in [0.25, 0.3) is 0 Å². The lowest BCUT2D eigenvalue weighted by atomic mass is 10.2. The molecule has 0 aliphatic carbocycles. The average molecular weight is 298 g/mol. The maximum absolute atomic E-state index is 11.6. The Kier molecular flexibility index (Phi) is 6.87. The summed E-state index contributed by atoms with van der Waals surface area (Å²) in [4.78, 5) is 22.6. The Bertz CT molecular complexity index is 477. The zero-order valence-electron chi connectivity index (χ0n) is 11.8. The third-order valence-electron chi connectivity index (χ3n) is 2.60. The van der Waals surface area contributed by atoms with Crippen LogP contribution in [0, 0.1) is 0 Å². The van der Waals surface area contributed by atoms with Crippen molar-refractivity contribution in [3.63, 3.8) is 0 Å². The van der Waals surface area contributed by atoms with E-state index in [1.807, 2.05) is 0 Å². The van der Waals surface area contributed by atoms with E-state index in [1.165, 1.54) is 6.92 Å². The van der Waals surface area contributed by atoms with Crippen LogP contribution in [0.1, 0.15) is 33.1 Å².